The summed E-state index contributed by atoms with van der Waals surface area (Å²) in [7, 11) is 0. The first-order valence-electron chi connectivity index (χ1n) is 5.65. The SMILES string of the molecule is Cc1ccc(-n2cnnc2SCCC(N)=O)cc1Cl. The van der Waals surface area contributed by atoms with Crippen molar-refractivity contribution in [1.82, 2.24) is 14.8 Å². The minimum absolute atomic E-state index is 0.312. The predicted molar refractivity (Wildman–Crippen MR) is 75.6 cm³/mol. The summed E-state index contributed by atoms with van der Waals surface area (Å²) in [6, 6.07) is 5.75. The Hall–Kier alpha value is -1.53. The Labute approximate surface area is 120 Å². The Morgan fingerprint density at radius 1 is 1.53 bits per heavy atom. The minimum atomic E-state index is -0.322. The van der Waals surface area contributed by atoms with Crippen molar-refractivity contribution in [3.05, 3.63) is 35.1 Å². The summed E-state index contributed by atoms with van der Waals surface area (Å²) in [6.45, 7) is 1.95. The lowest BCUT2D eigenvalue weighted by Crippen LogP contribution is -2.11. The largest absolute Gasteiger partial charge is 0.370 e. The molecule has 0 aliphatic rings. The molecule has 1 aromatic carbocycles. The van der Waals surface area contributed by atoms with Crippen LogP contribution >= 0.6 is 23.4 Å². The first-order chi connectivity index (χ1) is 9.08. The summed E-state index contributed by atoms with van der Waals surface area (Å²) in [5.74, 6) is 0.255. The van der Waals surface area contributed by atoms with Crippen molar-refractivity contribution in [3.63, 3.8) is 0 Å². The lowest BCUT2D eigenvalue weighted by Gasteiger charge is -2.07. The number of hydrogen-bond acceptors (Lipinski definition) is 4. The zero-order chi connectivity index (χ0) is 13.8. The molecular formula is C12H13ClN4OS. The topological polar surface area (TPSA) is 73.8 Å². The van der Waals surface area contributed by atoms with Crippen molar-refractivity contribution in [3.8, 4) is 5.69 Å². The Bertz CT molecular complexity index is 599. The van der Waals surface area contributed by atoms with Crippen LogP contribution in [0.25, 0.3) is 5.69 Å². The third-order valence-electron chi connectivity index (χ3n) is 2.53. The van der Waals surface area contributed by atoms with E-state index in [1.165, 1.54) is 11.8 Å². The van der Waals surface area contributed by atoms with Gasteiger partial charge in [0.25, 0.3) is 0 Å². The molecule has 0 aliphatic carbocycles. The van der Waals surface area contributed by atoms with Crippen molar-refractivity contribution in [1.29, 1.82) is 0 Å². The van der Waals surface area contributed by atoms with Crippen molar-refractivity contribution < 1.29 is 4.79 Å². The molecule has 0 radical (unpaired) electrons. The van der Waals surface area contributed by atoms with Gasteiger partial charge in [0.15, 0.2) is 5.16 Å². The van der Waals surface area contributed by atoms with Gasteiger partial charge in [-0.2, -0.15) is 0 Å². The summed E-state index contributed by atoms with van der Waals surface area (Å²) in [4.78, 5) is 10.7. The molecule has 0 spiro atoms. The molecule has 7 heteroatoms. The Balaban J connectivity index is 2.18. The summed E-state index contributed by atoms with van der Waals surface area (Å²) in [5, 5.41) is 9.31. The van der Waals surface area contributed by atoms with E-state index in [1.54, 1.807) is 6.33 Å². The van der Waals surface area contributed by atoms with Gasteiger partial charge in [-0.15, -0.1) is 10.2 Å². The molecule has 0 bridgehead atoms. The van der Waals surface area contributed by atoms with E-state index in [4.69, 9.17) is 17.3 Å². The summed E-state index contributed by atoms with van der Waals surface area (Å²) >= 11 is 7.54. The van der Waals surface area contributed by atoms with Gasteiger partial charge in [0.05, 0.1) is 5.69 Å². The number of benzene rings is 1. The number of halogens is 1. The summed E-state index contributed by atoms with van der Waals surface area (Å²) in [6.07, 6.45) is 1.93. The number of carbonyl (C=O) groups excluding carboxylic acids is 1. The van der Waals surface area contributed by atoms with Crippen molar-refractivity contribution in [2.45, 2.75) is 18.5 Å². The number of nitrogens with zero attached hydrogens (tertiary/aromatic N) is 3. The molecule has 2 N–H and O–H groups in total. The van der Waals surface area contributed by atoms with E-state index >= 15 is 0 Å². The van der Waals surface area contributed by atoms with Crippen LogP contribution < -0.4 is 5.73 Å². The van der Waals surface area contributed by atoms with Crippen LogP contribution in [-0.2, 0) is 4.79 Å². The number of primary amides is 1. The van der Waals surface area contributed by atoms with E-state index in [0.29, 0.717) is 22.4 Å². The molecule has 0 unspecified atom stereocenters. The number of carbonyl (C=O) groups is 1. The van der Waals surface area contributed by atoms with E-state index in [1.807, 2.05) is 29.7 Å². The van der Waals surface area contributed by atoms with Crippen LogP contribution in [0.2, 0.25) is 5.02 Å². The molecule has 2 aromatic rings. The van der Waals surface area contributed by atoms with Crippen LogP contribution in [0.3, 0.4) is 0 Å². The molecule has 19 heavy (non-hydrogen) atoms. The second kappa shape index (κ2) is 6.08. The van der Waals surface area contributed by atoms with E-state index < -0.39 is 0 Å². The molecule has 0 saturated heterocycles. The highest BCUT2D eigenvalue weighted by atomic mass is 35.5. The standard InChI is InChI=1S/C12H13ClN4OS/c1-8-2-3-9(6-10(8)13)17-7-15-16-12(17)19-5-4-11(14)18/h2-3,6-7H,4-5H2,1H3,(H2,14,18). The van der Waals surface area contributed by atoms with Gasteiger partial charge in [-0.3, -0.25) is 9.36 Å². The molecule has 0 saturated carbocycles. The summed E-state index contributed by atoms with van der Waals surface area (Å²) < 4.78 is 1.83. The molecule has 5 nitrogen and oxygen atoms in total. The lowest BCUT2D eigenvalue weighted by molar-refractivity contribution is -0.117. The number of rotatable bonds is 5. The van der Waals surface area contributed by atoms with Crippen LogP contribution in [0, 0.1) is 6.92 Å². The molecule has 1 amide bonds. The van der Waals surface area contributed by atoms with Crippen molar-refractivity contribution >= 4 is 29.3 Å². The summed E-state index contributed by atoms with van der Waals surface area (Å²) in [5.41, 5.74) is 7.01. The van der Waals surface area contributed by atoms with Crippen molar-refractivity contribution in [2.75, 3.05) is 5.75 Å². The quantitative estimate of drug-likeness (QED) is 0.858. The average molecular weight is 297 g/mol. The molecule has 2 rings (SSSR count). The molecule has 0 atom stereocenters. The van der Waals surface area contributed by atoms with Gasteiger partial charge in [0, 0.05) is 17.2 Å². The maximum absolute atomic E-state index is 10.7. The van der Waals surface area contributed by atoms with Crippen LogP contribution in [-0.4, -0.2) is 26.4 Å². The molecule has 0 fully saturated rings. The van der Waals surface area contributed by atoms with Crippen LogP contribution in [0.15, 0.2) is 29.7 Å². The third kappa shape index (κ3) is 3.48. The third-order valence-corrected chi connectivity index (χ3v) is 3.88. The van der Waals surface area contributed by atoms with Crippen LogP contribution in [0.4, 0.5) is 0 Å². The molecule has 100 valence electrons. The maximum Gasteiger partial charge on any atom is 0.218 e. The van der Waals surface area contributed by atoms with Gasteiger partial charge < -0.3 is 5.73 Å². The first-order valence-corrected chi connectivity index (χ1v) is 7.02. The molecular weight excluding hydrogens is 284 g/mol. The van der Waals surface area contributed by atoms with E-state index in [0.717, 1.165) is 11.3 Å². The Morgan fingerprint density at radius 2 is 2.32 bits per heavy atom. The molecule has 0 aliphatic heterocycles. The number of aryl methyl sites for hydroxylation is 1. The fourth-order valence-electron chi connectivity index (χ4n) is 1.47. The highest BCUT2D eigenvalue weighted by molar-refractivity contribution is 7.99. The van der Waals surface area contributed by atoms with Gasteiger partial charge >= 0.3 is 0 Å². The van der Waals surface area contributed by atoms with Crippen LogP contribution in [0.5, 0.6) is 0 Å². The Morgan fingerprint density at radius 3 is 3.00 bits per heavy atom. The highest BCUT2D eigenvalue weighted by Gasteiger charge is 2.08. The zero-order valence-corrected chi connectivity index (χ0v) is 11.9. The Kier molecular flexibility index (Phi) is 4.44. The second-order valence-corrected chi connectivity index (χ2v) is 5.45. The monoisotopic (exact) mass is 296 g/mol. The van der Waals surface area contributed by atoms with Gasteiger partial charge in [-0.1, -0.05) is 29.4 Å². The van der Waals surface area contributed by atoms with Gasteiger partial charge in [0.1, 0.15) is 6.33 Å². The maximum atomic E-state index is 10.7. The molecule has 1 aromatic heterocycles. The zero-order valence-electron chi connectivity index (χ0n) is 10.3. The minimum Gasteiger partial charge on any atom is -0.370 e. The van der Waals surface area contributed by atoms with Crippen molar-refractivity contribution in [2.24, 2.45) is 5.73 Å². The number of aromatic nitrogens is 3. The molecule has 1 heterocycles. The highest BCUT2D eigenvalue weighted by Crippen LogP contribution is 2.23. The van der Waals surface area contributed by atoms with Gasteiger partial charge in [-0.25, -0.2) is 0 Å². The van der Waals surface area contributed by atoms with E-state index in [-0.39, 0.29) is 5.91 Å². The fraction of sp³-hybridized carbons (Fsp3) is 0.250. The van der Waals surface area contributed by atoms with E-state index in [9.17, 15) is 4.79 Å². The smallest absolute Gasteiger partial charge is 0.218 e. The number of amides is 1. The fourth-order valence-corrected chi connectivity index (χ4v) is 2.53. The average Bonchev–Trinajstić information content (AvgIpc) is 2.80. The number of hydrogen-bond donors (Lipinski definition) is 1. The van der Waals surface area contributed by atoms with Gasteiger partial charge in [0.2, 0.25) is 5.91 Å². The predicted octanol–water partition coefficient (Wildman–Crippen LogP) is 2.20. The number of thioether (sulfide) groups is 1. The number of nitrogens with two attached hydrogens (primary N) is 1. The normalized spacial score (nSPS) is 10.6. The van der Waals surface area contributed by atoms with Crippen LogP contribution in [0.1, 0.15) is 12.0 Å². The second-order valence-electron chi connectivity index (χ2n) is 3.98. The van der Waals surface area contributed by atoms with E-state index in [2.05, 4.69) is 10.2 Å². The lowest BCUT2D eigenvalue weighted by atomic mass is 10.2. The first kappa shape index (κ1) is 13.9. The van der Waals surface area contributed by atoms with Gasteiger partial charge in [-0.05, 0) is 24.6 Å².